The van der Waals surface area contributed by atoms with Crippen molar-refractivity contribution in [3.63, 3.8) is 0 Å². The molecule has 0 radical (unpaired) electrons. The number of aliphatic hydroxyl groups excluding tert-OH is 3. The molecule has 4 fully saturated rings. The molecule has 206 valence electrons. The number of amides is 1. The van der Waals surface area contributed by atoms with Gasteiger partial charge < -0.3 is 25.7 Å². The summed E-state index contributed by atoms with van der Waals surface area (Å²) in [6.45, 7) is 10.4. The van der Waals surface area contributed by atoms with Crippen LogP contribution in [-0.4, -0.2) is 57.2 Å². The maximum Gasteiger partial charge on any atom is 0.322 e. The summed E-state index contributed by atoms with van der Waals surface area (Å²) >= 11 is 0. The van der Waals surface area contributed by atoms with Crippen LogP contribution in [0.15, 0.2) is 0 Å². The molecule has 4 aliphatic rings. The zero-order valence-corrected chi connectivity index (χ0v) is 22.8. The number of carboxylic acid groups (broad SMARTS) is 1. The van der Waals surface area contributed by atoms with Gasteiger partial charge in [0.2, 0.25) is 5.91 Å². The molecule has 0 aromatic carbocycles. The van der Waals surface area contributed by atoms with Crippen LogP contribution in [0.2, 0.25) is 0 Å². The van der Waals surface area contributed by atoms with Crippen molar-refractivity contribution in [1.29, 1.82) is 0 Å². The lowest BCUT2D eigenvalue weighted by atomic mass is 9.41. The minimum Gasteiger partial charge on any atom is -0.480 e. The number of aliphatic carboxylic acids is 1. The first kappa shape index (κ1) is 27.8. The van der Waals surface area contributed by atoms with E-state index in [9.17, 15) is 24.9 Å². The molecule has 13 atom stereocenters. The van der Waals surface area contributed by atoms with Gasteiger partial charge in [-0.3, -0.25) is 9.59 Å². The summed E-state index contributed by atoms with van der Waals surface area (Å²) in [5.41, 5.74) is -0.277. The largest absolute Gasteiger partial charge is 0.480 e. The van der Waals surface area contributed by atoms with Crippen molar-refractivity contribution >= 4 is 11.9 Å². The van der Waals surface area contributed by atoms with E-state index in [1.807, 2.05) is 6.92 Å². The van der Waals surface area contributed by atoms with Crippen molar-refractivity contribution in [1.82, 2.24) is 5.32 Å². The number of hydrogen-bond donors (Lipinski definition) is 5. The number of nitrogens with one attached hydrogen (secondary N) is 1. The van der Waals surface area contributed by atoms with Crippen LogP contribution in [0.3, 0.4) is 0 Å². The second-order valence-electron chi connectivity index (χ2n) is 13.4. The standard InChI is InChI=1S/C29H49NO6/c1-6-18-21-12-17(31)9-10-28(21,4)22-13-23(32)29(5)19(7-8-20(29)25(22)26(18)35)15(2)11-16(3)27(36)30-14-24(33)34/h15-23,25-26,31-32,35H,6-14H2,1-5H3,(H,30,36)(H,33,34)/t15-,16+,17+,18+,19+,20?,21-,22?,23-,25?,26-,28-,29+/m0/s1. The summed E-state index contributed by atoms with van der Waals surface area (Å²) in [6, 6.07) is 0. The van der Waals surface area contributed by atoms with Crippen LogP contribution >= 0.6 is 0 Å². The lowest BCUT2D eigenvalue weighted by Crippen LogP contribution is -2.65. The van der Waals surface area contributed by atoms with Crippen molar-refractivity contribution in [3.8, 4) is 0 Å². The summed E-state index contributed by atoms with van der Waals surface area (Å²) in [6.07, 6.45) is 5.61. The molecule has 0 heterocycles. The fraction of sp³-hybridized carbons (Fsp3) is 0.931. The van der Waals surface area contributed by atoms with E-state index in [0.717, 1.165) is 38.5 Å². The molecule has 5 N–H and O–H groups in total. The van der Waals surface area contributed by atoms with Gasteiger partial charge in [0.15, 0.2) is 0 Å². The molecule has 7 heteroatoms. The minimum absolute atomic E-state index is 0.0343. The Balaban J connectivity index is 1.56. The summed E-state index contributed by atoms with van der Waals surface area (Å²) in [4.78, 5) is 23.3. The maximum atomic E-state index is 12.4. The van der Waals surface area contributed by atoms with Crippen molar-refractivity contribution in [2.75, 3.05) is 6.54 Å². The monoisotopic (exact) mass is 507 g/mol. The SMILES string of the molecule is CC[C@H]1[C@H](O)C2C3CC[C@H]([C@@H](C)C[C@@H](C)C(=O)NCC(=O)O)[C@@]3(C)[C@@H](O)CC2[C@@]2(C)CC[C@@H](O)C[C@@H]12. The molecule has 36 heavy (non-hydrogen) atoms. The predicted octanol–water partition coefficient (Wildman–Crippen LogP) is 3.45. The number of hydrogen-bond acceptors (Lipinski definition) is 5. The second-order valence-corrected chi connectivity index (χ2v) is 13.4. The average molecular weight is 508 g/mol. The molecule has 0 bridgehead atoms. The average Bonchev–Trinajstić information content (AvgIpc) is 3.18. The van der Waals surface area contributed by atoms with E-state index in [4.69, 9.17) is 5.11 Å². The van der Waals surface area contributed by atoms with E-state index in [2.05, 4.69) is 33.0 Å². The lowest BCUT2D eigenvalue weighted by molar-refractivity contribution is -0.228. The number of carboxylic acids is 1. The van der Waals surface area contributed by atoms with Crippen LogP contribution in [-0.2, 0) is 9.59 Å². The minimum atomic E-state index is -1.05. The molecule has 0 saturated heterocycles. The molecule has 4 saturated carbocycles. The summed E-state index contributed by atoms with van der Waals surface area (Å²) < 4.78 is 0. The van der Waals surface area contributed by atoms with E-state index >= 15 is 0 Å². The third-order valence-corrected chi connectivity index (χ3v) is 11.8. The van der Waals surface area contributed by atoms with Gasteiger partial charge in [-0.1, -0.05) is 41.0 Å². The highest BCUT2D eigenvalue weighted by atomic mass is 16.4. The van der Waals surface area contributed by atoms with E-state index in [1.54, 1.807) is 0 Å². The Morgan fingerprint density at radius 1 is 1.00 bits per heavy atom. The third kappa shape index (κ3) is 4.41. The molecule has 0 spiro atoms. The fourth-order valence-corrected chi connectivity index (χ4v) is 10.1. The molecule has 1 amide bonds. The smallest absolute Gasteiger partial charge is 0.322 e. The Morgan fingerprint density at radius 2 is 1.69 bits per heavy atom. The van der Waals surface area contributed by atoms with Crippen molar-refractivity contribution in [2.45, 2.75) is 104 Å². The number of carbonyl (C=O) groups is 2. The molecule has 0 aromatic rings. The molecular weight excluding hydrogens is 458 g/mol. The van der Waals surface area contributed by atoms with Crippen LogP contribution in [0.4, 0.5) is 0 Å². The topological polar surface area (TPSA) is 127 Å². The van der Waals surface area contributed by atoms with Crippen LogP contribution in [0.1, 0.15) is 86.0 Å². The van der Waals surface area contributed by atoms with Gasteiger partial charge in [0.05, 0.1) is 18.3 Å². The Morgan fingerprint density at radius 3 is 2.33 bits per heavy atom. The van der Waals surface area contributed by atoms with Gasteiger partial charge in [-0.15, -0.1) is 0 Å². The van der Waals surface area contributed by atoms with E-state index in [1.165, 1.54) is 0 Å². The number of rotatable bonds is 7. The molecule has 4 aliphatic carbocycles. The Bertz CT molecular complexity index is 835. The Labute approximate surface area is 216 Å². The van der Waals surface area contributed by atoms with Gasteiger partial charge in [-0.05, 0) is 97.2 Å². The van der Waals surface area contributed by atoms with Crippen molar-refractivity contribution < 1.29 is 30.0 Å². The highest BCUT2D eigenvalue weighted by molar-refractivity contribution is 5.82. The Kier molecular flexibility index (Phi) is 7.87. The Hall–Kier alpha value is -1.18. The molecular formula is C29H49NO6. The van der Waals surface area contributed by atoms with Gasteiger partial charge in [-0.2, -0.15) is 0 Å². The molecule has 3 unspecified atom stereocenters. The number of fused-ring (bicyclic) bond motifs is 5. The summed E-state index contributed by atoms with van der Waals surface area (Å²) in [5.74, 6) is 0.00272. The van der Waals surface area contributed by atoms with Gasteiger partial charge >= 0.3 is 5.97 Å². The van der Waals surface area contributed by atoms with E-state index < -0.39 is 18.2 Å². The van der Waals surface area contributed by atoms with E-state index in [0.29, 0.717) is 18.8 Å². The maximum absolute atomic E-state index is 12.4. The van der Waals surface area contributed by atoms with Gasteiger partial charge in [0.25, 0.3) is 0 Å². The first-order chi connectivity index (χ1) is 16.9. The summed E-state index contributed by atoms with van der Waals surface area (Å²) in [7, 11) is 0. The van der Waals surface area contributed by atoms with Crippen LogP contribution < -0.4 is 5.32 Å². The third-order valence-electron chi connectivity index (χ3n) is 11.8. The quantitative estimate of drug-likeness (QED) is 0.359. The highest BCUT2D eigenvalue weighted by Gasteiger charge is 2.67. The normalized spacial score (nSPS) is 47.7. The van der Waals surface area contributed by atoms with Crippen LogP contribution in [0.5, 0.6) is 0 Å². The molecule has 4 rings (SSSR count). The number of aliphatic hydroxyl groups is 3. The second kappa shape index (κ2) is 10.2. The lowest BCUT2D eigenvalue weighted by Gasteiger charge is -2.65. The van der Waals surface area contributed by atoms with Crippen LogP contribution in [0, 0.1) is 58.2 Å². The van der Waals surface area contributed by atoms with Gasteiger partial charge in [-0.25, -0.2) is 0 Å². The van der Waals surface area contributed by atoms with Crippen molar-refractivity contribution in [2.24, 2.45) is 58.2 Å². The van der Waals surface area contributed by atoms with Gasteiger partial charge in [0.1, 0.15) is 6.54 Å². The molecule has 7 nitrogen and oxygen atoms in total. The van der Waals surface area contributed by atoms with Gasteiger partial charge in [0, 0.05) is 5.92 Å². The van der Waals surface area contributed by atoms with Crippen molar-refractivity contribution in [3.05, 3.63) is 0 Å². The van der Waals surface area contributed by atoms with Crippen LogP contribution in [0.25, 0.3) is 0 Å². The molecule has 0 aromatic heterocycles. The first-order valence-electron chi connectivity index (χ1n) is 14.4. The molecule has 0 aliphatic heterocycles. The van der Waals surface area contributed by atoms with E-state index in [-0.39, 0.29) is 70.8 Å². The first-order valence-corrected chi connectivity index (χ1v) is 14.4. The zero-order valence-electron chi connectivity index (χ0n) is 22.8. The summed E-state index contributed by atoms with van der Waals surface area (Å²) in [5, 5.41) is 45.5. The predicted molar refractivity (Wildman–Crippen MR) is 137 cm³/mol. The zero-order chi connectivity index (χ0) is 26.6. The fourth-order valence-electron chi connectivity index (χ4n) is 10.1. The highest BCUT2D eigenvalue weighted by Crippen LogP contribution is 2.69. The number of carbonyl (C=O) groups excluding carboxylic acids is 1.